The predicted octanol–water partition coefficient (Wildman–Crippen LogP) is 6.28. The Morgan fingerprint density at radius 2 is 0.960 bits per heavy atom. The SMILES string of the molecule is FC(F)(F)C(CCS)CC(CC(F)(C(F)(F)F)C(F)(F)F)C(F)(F)F. The van der Waals surface area contributed by atoms with Gasteiger partial charge in [-0.3, -0.25) is 0 Å². The molecule has 0 aliphatic carbocycles. The van der Waals surface area contributed by atoms with E-state index in [9.17, 15) is 57.1 Å². The molecule has 0 heterocycles. The minimum Gasteiger partial charge on any atom is -0.224 e. The van der Waals surface area contributed by atoms with E-state index in [0.29, 0.717) is 0 Å². The lowest BCUT2D eigenvalue weighted by molar-refractivity contribution is -0.353. The molecule has 152 valence electrons. The predicted molar refractivity (Wildman–Crippen MR) is 62.7 cm³/mol. The number of thiol groups is 1. The second kappa shape index (κ2) is 7.59. The maximum Gasteiger partial charge on any atom is 0.431 e. The smallest absolute Gasteiger partial charge is 0.224 e. The van der Waals surface area contributed by atoms with Crippen LogP contribution in [-0.2, 0) is 0 Å². The van der Waals surface area contributed by atoms with E-state index in [1.165, 1.54) is 0 Å². The van der Waals surface area contributed by atoms with Gasteiger partial charge in [-0.2, -0.15) is 65.3 Å². The van der Waals surface area contributed by atoms with Gasteiger partial charge in [0.15, 0.2) is 0 Å². The fourth-order valence-electron chi connectivity index (χ4n) is 1.98. The van der Waals surface area contributed by atoms with Crippen LogP contribution in [0.4, 0.5) is 57.1 Å². The molecule has 0 aromatic carbocycles. The Morgan fingerprint density at radius 1 is 0.600 bits per heavy atom. The van der Waals surface area contributed by atoms with Gasteiger partial charge in [-0.25, -0.2) is 4.39 Å². The fraction of sp³-hybridized carbons (Fsp3) is 1.00. The number of rotatable bonds is 6. The third kappa shape index (κ3) is 6.27. The molecule has 0 radical (unpaired) electrons. The van der Waals surface area contributed by atoms with E-state index in [-0.39, 0.29) is 0 Å². The van der Waals surface area contributed by atoms with Gasteiger partial charge in [0, 0.05) is 6.42 Å². The summed E-state index contributed by atoms with van der Waals surface area (Å²) in [6, 6.07) is 0. The van der Waals surface area contributed by atoms with Crippen LogP contribution in [0.3, 0.4) is 0 Å². The van der Waals surface area contributed by atoms with Crippen LogP contribution in [-0.4, -0.2) is 36.1 Å². The van der Waals surface area contributed by atoms with E-state index >= 15 is 0 Å². The van der Waals surface area contributed by atoms with Gasteiger partial charge >= 0.3 is 24.7 Å². The molecular weight excluding hydrogens is 411 g/mol. The van der Waals surface area contributed by atoms with Gasteiger partial charge in [0.05, 0.1) is 11.8 Å². The molecule has 0 bridgehead atoms. The second-order valence-corrected chi connectivity index (χ2v) is 5.67. The van der Waals surface area contributed by atoms with Crippen LogP contribution < -0.4 is 0 Å². The first-order chi connectivity index (χ1) is 10.8. The second-order valence-electron chi connectivity index (χ2n) is 5.23. The van der Waals surface area contributed by atoms with Crippen LogP contribution in [0.5, 0.6) is 0 Å². The van der Waals surface area contributed by atoms with Crippen LogP contribution in [0.25, 0.3) is 0 Å². The average Bonchev–Trinajstić information content (AvgIpc) is 2.31. The van der Waals surface area contributed by atoms with Crippen LogP contribution in [0, 0.1) is 11.8 Å². The highest BCUT2D eigenvalue weighted by atomic mass is 32.1. The molecule has 14 heteroatoms. The largest absolute Gasteiger partial charge is 0.431 e. The van der Waals surface area contributed by atoms with Crippen molar-refractivity contribution >= 4 is 12.6 Å². The molecule has 0 amide bonds. The maximum absolute atomic E-state index is 13.5. The molecule has 0 rings (SSSR count). The Labute approximate surface area is 138 Å². The summed E-state index contributed by atoms with van der Waals surface area (Å²) in [5.74, 6) is -7.33. The van der Waals surface area contributed by atoms with Gasteiger partial charge in [0.1, 0.15) is 0 Å². The molecule has 0 spiro atoms. The fourth-order valence-corrected chi connectivity index (χ4v) is 2.29. The van der Waals surface area contributed by atoms with Crippen molar-refractivity contribution in [3.63, 3.8) is 0 Å². The zero-order valence-electron chi connectivity index (χ0n) is 11.8. The van der Waals surface area contributed by atoms with Crippen molar-refractivity contribution in [3.05, 3.63) is 0 Å². The first kappa shape index (κ1) is 24.4. The summed E-state index contributed by atoms with van der Waals surface area (Å²) in [5, 5.41) is 0. The van der Waals surface area contributed by atoms with Crippen molar-refractivity contribution in [3.8, 4) is 0 Å². The Kier molecular flexibility index (Phi) is 7.42. The van der Waals surface area contributed by atoms with Crippen LogP contribution in [0.2, 0.25) is 0 Å². The summed E-state index contributed by atoms with van der Waals surface area (Å²) in [6.45, 7) is 0. The molecule has 0 aromatic heterocycles. The standard InChI is InChI=1S/C11H11F13S/c12-7(10(19,20)21,11(22,23)24)4-6(9(16,17)18)3-5(1-2-25)8(13,14)15/h5-6,25H,1-4H2. The van der Waals surface area contributed by atoms with Crippen LogP contribution >= 0.6 is 12.6 Å². The first-order valence-corrected chi connectivity index (χ1v) is 6.97. The van der Waals surface area contributed by atoms with E-state index < -0.39 is 67.2 Å². The Morgan fingerprint density at radius 3 is 1.20 bits per heavy atom. The monoisotopic (exact) mass is 422 g/mol. The third-order valence-electron chi connectivity index (χ3n) is 3.40. The summed E-state index contributed by atoms with van der Waals surface area (Å²) in [4.78, 5) is 0. The van der Waals surface area contributed by atoms with E-state index in [4.69, 9.17) is 0 Å². The van der Waals surface area contributed by atoms with E-state index in [2.05, 4.69) is 12.6 Å². The number of hydrogen-bond donors (Lipinski definition) is 1. The summed E-state index contributed by atoms with van der Waals surface area (Å²) in [7, 11) is 0. The van der Waals surface area contributed by atoms with Crippen molar-refractivity contribution in [2.24, 2.45) is 11.8 Å². The molecule has 2 atom stereocenters. The molecule has 0 fully saturated rings. The molecule has 2 unspecified atom stereocenters. The molecule has 0 saturated carbocycles. The molecule has 0 saturated heterocycles. The summed E-state index contributed by atoms with van der Waals surface area (Å²) >= 11 is 3.35. The summed E-state index contributed by atoms with van der Waals surface area (Å²) < 4.78 is 164. The van der Waals surface area contributed by atoms with Gasteiger partial charge in [-0.05, 0) is 18.6 Å². The lowest BCUT2D eigenvalue weighted by atomic mass is 9.83. The summed E-state index contributed by atoms with van der Waals surface area (Å²) in [6.07, 6.45) is -31.3. The summed E-state index contributed by atoms with van der Waals surface area (Å²) in [5.41, 5.74) is -6.29. The zero-order valence-corrected chi connectivity index (χ0v) is 12.7. The third-order valence-corrected chi connectivity index (χ3v) is 3.66. The van der Waals surface area contributed by atoms with Crippen molar-refractivity contribution < 1.29 is 57.1 Å². The Balaban J connectivity index is 5.84. The van der Waals surface area contributed by atoms with E-state index in [1.54, 1.807) is 0 Å². The molecule has 0 N–H and O–H groups in total. The van der Waals surface area contributed by atoms with Gasteiger partial charge in [0.25, 0.3) is 5.67 Å². The average molecular weight is 422 g/mol. The van der Waals surface area contributed by atoms with Crippen molar-refractivity contribution in [1.82, 2.24) is 0 Å². The van der Waals surface area contributed by atoms with Crippen LogP contribution in [0.1, 0.15) is 19.3 Å². The molecule has 0 aliphatic heterocycles. The number of hydrogen-bond acceptors (Lipinski definition) is 1. The molecular formula is C11H11F13S. The Bertz CT molecular complexity index is 402. The minimum absolute atomic E-state index is 0.631. The maximum atomic E-state index is 13.5. The van der Waals surface area contributed by atoms with E-state index in [0.717, 1.165) is 0 Å². The molecule has 0 aliphatic rings. The lowest BCUT2D eigenvalue weighted by Gasteiger charge is -2.35. The lowest BCUT2D eigenvalue weighted by Crippen LogP contribution is -2.55. The van der Waals surface area contributed by atoms with Crippen molar-refractivity contribution in [1.29, 1.82) is 0 Å². The first-order valence-electron chi connectivity index (χ1n) is 6.34. The van der Waals surface area contributed by atoms with Crippen molar-refractivity contribution in [2.75, 3.05) is 5.75 Å². The van der Waals surface area contributed by atoms with Crippen LogP contribution in [0.15, 0.2) is 0 Å². The van der Waals surface area contributed by atoms with Gasteiger partial charge in [-0.15, -0.1) is 0 Å². The highest BCUT2D eigenvalue weighted by Gasteiger charge is 2.74. The molecule has 0 nitrogen and oxygen atoms in total. The van der Waals surface area contributed by atoms with Gasteiger partial charge in [0.2, 0.25) is 0 Å². The normalized spacial score (nSPS) is 17.5. The highest BCUT2D eigenvalue weighted by Crippen LogP contribution is 2.53. The van der Waals surface area contributed by atoms with Crippen molar-refractivity contribution in [2.45, 2.75) is 49.6 Å². The molecule has 0 aromatic rings. The van der Waals surface area contributed by atoms with Gasteiger partial charge < -0.3 is 0 Å². The number of alkyl halides is 13. The number of halogens is 13. The Hall–Kier alpha value is -0.560. The van der Waals surface area contributed by atoms with E-state index in [1.807, 2.05) is 0 Å². The topological polar surface area (TPSA) is 0 Å². The minimum atomic E-state index is -6.79. The quantitative estimate of drug-likeness (QED) is 0.378. The highest BCUT2D eigenvalue weighted by molar-refractivity contribution is 7.80. The zero-order chi connectivity index (χ0) is 20.5. The molecule has 25 heavy (non-hydrogen) atoms. The van der Waals surface area contributed by atoms with Gasteiger partial charge in [-0.1, -0.05) is 0 Å².